The van der Waals surface area contributed by atoms with E-state index in [1.54, 1.807) is 23.1 Å². The molecule has 0 N–H and O–H groups in total. The molecule has 0 spiro atoms. The van der Waals surface area contributed by atoms with Gasteiger partial charge < -0.3 is 9.64 Å². The first-order valence-corrected chi connectivity index (χ1v) is 7.75. The maximum absolute atomic E-state index is 12.4. The Labute approximate surface area is 127 Å². The normalized spacial score (nSPS) is 17.7. The number of rotatable bonds is 3. The van der Waals surface area contributed by atoms with Gasteiger partial charge in [0.1, 0.15) is 11.8 Å². The van der Waals surface area contributed by atoms with E-state index >= 15 is 0 Å². The van der Waals surface area contributed by atoms with Crippen molar-refractivity contribution in [3.8, 4) is 5.75 Å². The number of esters is 1. The van der Waals surface area contributed by atoms with Crippen LogP contribution in [0.15, 0.2) is 47.8 Å². The van der Waals surface area contributed by atoms with Crippen LogP contribution in [0.4, 0.5) is 0 Å². The minimum Gasteiger partial charge on any atom is -0.425 e. The predicted molar refractivity (Wildman–Crippen MR) is 80.5 cm³/mol. The summed E-state index contributed by atoms with van der Waals surface area (Å²) in [6, 6.07) is 12.1. The average Bonchev–Trinajstić information content (AvgIpc) is 3.19. The first-order chi connectivity index (χ1) is 10.3. The molecule has 2 heterocycles. The van der Waals surface area contributed by atoms with Gasteiger partial charge in [-0.25, -0.2) is 4.79 Å². The van der Waals surface area contributed by atoms with E-state index in [1.807, 2.05) is 29.6 Å². The standard InChI is InChI=1S/C16H15NO3S/c18-15(14-9-5-11-21-14)17-10-4-8-13(17)16(19)20-12-6-2-1-3-7-12/h1-3,5-7,9,11,13H,4,8,10H2/t13-/m0/s1. The summed E-state index contributed by atoms with van der Waals surface area (Å²) in [5.41, 5.74) is 0. The van der Waals surface area contributed by atoms with Crippen LogP contribution >= 0.6 is 11.3 Å². The lowest BCUT2D eigenvalue weighted by molar-refractivity contribution is -0.138. The van der Waals surface area contributed by atoms with Gasteiger partial charge in [0.15, 0.2) is 0 Å². The molecule has 5 heteroatoms. The Balaban J connectivity index is 1.72. The van der Waals surface area contributed by atoms with E-state index in [1.165, 1.54) is 11.3 Å². The fourth-order valence-electron chi connectivity index (χ4n) is 2.47. The zero-order valence-electron chi connectivity index (χ0n) is 11.4. The molecule has 1 aromatic heterocycles. The van der Waals surface area contributed by atoms with Crippen LogP contribution in [0, 0.1) is 0 Å². The molecule has 1 aliphatic rings. The van der Waals surface area contributed by atoms with Gasteiger partial charge in [-0.1, -0.05) is 24.3 Å². The van der Waals surface area contributed by atoms with E-state index < -0.39 is 6.04 Å². The van der Waals surface area contributed by atoms with Crippen LogP contribution in [0.5, 0.6) is 5.75 Å². The van der Waals surface area contributed by atoms with Crippen molar-refractivity contribution in [2.45, 2.75) is 18.9 Å². The lowest BCUT2D eigenvalue weighted by Crippen LogP contribution is -2.42. The van der Waals surface area contributed by atoms with Crippen LogP contribution in [0.1, 0.15) is 22.5 Å². The van der Waals surface area contributed by atoms with Gasteiger partial charge in [0, 0.05) is 6.54 Å². The number of hydrogen-bond donors (Lipinski definition) is 0. The minimum absolute atomic E-state index is 0.0856. The number of carbonyl (C=O) groups excluding carboxylic acids is 2. The van der Waals surface area contributed by atoms with E-state index in [4.69, 9.17) is 4.74 Å². The lowest BCUT2D eigenvalue weighted by Gasteiger charge is -2.22. The van der Waals surface area contributed by atoms with E-state index in [0.717, 1.165) is 6.42 Å². The second-order valence-corrected chi connectivity index (χ2v) is 5.82. The third-order valence-corrected chi connectivity index (χ3v) is 4.34. The molecule has 0 unspecified atom stereocenters. The molecule has 0 aliphatic carbocycles. The van der Waals surface area contributed by atoms with Crippen molar-refractivity contribution in [1.82, 2.24) is 4.90 Å². The maximum Gasteiger partial charge on any atom is 0.334 e. The van der Waals surface area contributed by atoms with Crippen molar-refractivity contribution in [2.24, 2.45) is 0 Å². The van der Waals surface area contributed by atoms with Crippen molar-refractivity contribution in [3.05, 3.63) is 52.7 Å². The van der Waals surface area contributed by atoms with Gasteiger partial charge in [-0.2, -0.15) is 0 Å². The van der Waals surface area contributed by atoms with Crippen LogP contribution in [0.3, 0.4) is 0 Å². The van der Waals surface area contributed by atoms with Crippen LogP contribution in [0.25, 0.3) is 0 Å². The van der Waals surface area contributed by atoms with Gasteiger partial charge in [-0.3, -0.25) is 4.79 Å². The van der Waals surface area contributed by atoms with Crippen molar-refractivity contribution in [1.29, 1.82) is 0 Å². The molecule has 108 valence electrons. The molecule has 0 radical (unpaired) electrons. The van der Waals surface area contributed by atoms with E-state index in [2.05, 4.69) is 0 Å². The summed E-state index contributed by atoms with van der Waals surface area (Å²) >= 11 is 1.39. The summed E-state index contributed by atoms with van der Waals surface area (Å²) in [5.74, 6) is 0.0686. The highest BCUT2D eigenvalue weighted by atomic mass is 32.1. The Morgan fingerprint density at radius 2 is 1.95 bits per heavy atom. The SMILES string of the molecule is O=C(Oc1ccccc1)[C@@H]1CCCN1C(=O)c1cccs1. The van der Waals surface area contributed by atoms with Gasteiger partial charge in [0.2, 0.25) is 0 Å². The summed E-state index contributed by atoms with van der Waals surface area (Å²) in [5, 5.41) is 1.86. The zero-order valence-corrected chi connectivity index (χ0v) is 12.2. The molecule has 2 aromatic rings. The van der Waals surface area contributed by atoms with Crippen LogP contribution in [-0.2, 0) is 4.79 Å². The highest BCUT2D eigenvalue weighted by molar-refractivity contribution is 7.12. The van der Waals surface area contributed by atoms with Gasteiger partial charge in [0.25, 0.3) is 5.91 Å². The smallest absolute Gasteiger partial charge is 0.334 e. The molecule has 1 aliphatic heterocycles. The molecular formula is C16H15NO3S. The van der Waals surface area contributed by atoms with Crippen LogP contribution in [-0.4, -0.2) is 29.4 Å². The lowest BCUT2D eigenvalue weighted by atomic mass is 10.2. The summed E-state index contributed by atoms with van der Waals surface area (Å²) < 4.78 is 5.37. The fraction of sp³-hybridized carbons (Fsp3) is 0.250. The molecule has 3 rings (SSSR count). The molecule has 1 atom stereocenters. The third-order valence-electron chi connectivity index (χ3n) is 3.48. The number of para-hydroxylation sites is 1. The Bertz CT molecular complexity index is 624. The average molecular weight is 301 g/mol. The van der Waals surface area contributed by atoms with Crippen molar-refractivity contribution in [3.63, 3.8) is 0 Å². The van der Waals surface area contributed by atoms with Crippen molar-refractivity contribution in [2.75, 3.05) is 6.54 Å². The topological polar surface area (TPSA) is 46.6 Å². The highest BCUT2D eigenvalue weighted by Gasteiger charge is 2.36. The Morgan fingerprint density at radius 1 is 1.14 bits per heavy atom. The number of benzene rings is 1. The van der Waals surface area contributed by atoms with Crippen LogP contribution in [0.2, 0.25) is 0 Å². The number of amides is 1. The predicted octanol–water partition coefficient (Wildman–Crippen LogP) is 2.96. The largest absolute Gasteiger partial charge is 0.425 e. The number of ether oxygens (including phenoxy) is 1. The van der Waals surface area contributed by atoms with E-state index in [-0.39, 0.29) is 11.9 Å². The summed E-state index contributed by atoms with van der Waals surface area (Å²) in [6.45, 7) is 0.602. The molecule has 0 saturated carbocycles. The molecule has 21 heavy (non-hydrogen) atoms. The Kier molecular flexibility index (Phi) is 4.01. The molecule has 1 fully saturated rings. The summed E-state index contributed by atoms with van der Waals surface area (Å²) in [7, 11) is 0. The Hall–Kier alpha value is -2.14. The number of nitrogens with zero attached hydrogens (tertiary/aromatic N) is 1. The summed E-state index contributed by atoms with van der Waals surface area (Å²) in [4.78, 5) is 27.0. The van der Waals surface area contributed by atoms with Crippen molar-refractivity contribution >= 4 is 23.2 Å². The molecule has 1 amide bonds. The quantitative estimate of drug-likeness (QED) is 0.647. The molecule has 0 bridgehead atoms. The van der Waals surface area contributed by atoms with Gasteiger partial charge in [0.05, 0.1) is 4.88 Å². The molecule has 4 nitrogen and oxygen atoms in total. The first kappa shape index (κ1) is 13.8. The zero-order chi connectivity index (χ0) is 14.7. The monoisotopic (exact) mass is 301 g/mol. The molecule has 1 aromatic carbocycles. The molecule has 1 saturated heterocycles. The summed E-state index contributed by atoms with van der Waals surface area (Å²) in [6.07, 6.45) is 1.48. The van der Waals surface area contributed by atoms with Crippen LogP contribution < -0.4 is 4.74 Å². The molecular weight excluding hydrogens is 286 g/mol. The fourth-order valence-corrected chi connectivity index (χ4v) is 3.15. The second kappa shape index (κ2) is 6.10. The number of carbonyl (C=O) groups is 2. The number of likely N-dealkylation sites (tertiary alicyclic amines) is 1. The maximum atomic E-state index is 12.4. The van der Waals surface area contributed by atoms with Gasteiger partial charge in [-0.15, -0.1) is 11.3 Å². The van der Waals surface area contributed by atoms with Gasteiger partial charge >= 0.3 is 5.97 Å². The van der Waals surface area contributed by atoms with Gasteiger partial charge in [-0.05, 0) is 36.4 Å². The highest BCUT2D eigenvalue weighted by Crippen LogP contribution is 2.23. The first-order valence-electron chi connectivity index (χ1n) is 6.87. The Morgan fingerprint density at radius 3 is 2.67 bits per heavy atom. The van der Waals surface area contributed by atoms with E-state index in [9.17, 15) is 9.59 Å². The number of hydrogen-bond acceptors (Lipinski definition) is 4. The second-order valence-electron chi connectivity index (χ2n) is 4.87. The third kappa shape index (κ3) is 2.97. The van der Waals surface area contributed by atoms with Crippen molar-refractivity contribution < 1.29 is 14.3 Å². The number of thiophene rings is 1. The minimum atomic E-state index is -0.486. The van der Waals surface area contributed by atoms with E-state index in [0.29, 0.717) is 23.6 Å².